The molecule has 0 amide bonds. The second-order valence-corrected chi connectivity index (χ2v) is 18.2. The lowest BCUT2D eigenvalue weighted by Crippen LogP contribution is -2.10. The van der Waals surface area contributed by atoms with E-state index in [4.69, 9.17) is 0 Å². The van der Waals surface area contributed by atoms with Gasteiger partial charge < -0.3 is 4.90 Å². The average molecular weight is 856 g/mol. The van der Waals surface area contributed by atoms with Gasteiger partial charge in [0.1, 0.15) is 0 Å². The largest absolute Gasteiger partial charge is 0.309 e. The van der Waals surface area contributed by atoms with Gasteiger partial charge in [0.2, 0.25) is 0 Å². The monoisotopic (exact) mass is 855 g/mol. The smallest absolute Gasteiger partial charge is 0.0640 e. The SMILES string of the molecule is c1ccc(-c2c(-c3ccccc3)c3cc(-c4cccc(N(c5ccc(-c6ccc7c(ccc8ccccc87)c6)cc5)c5cccc6c5sc5ccccc56)c4)ccc3c3ccccc23)cc1. The predicted molar refractivity (Wildman–Crippen MR) is 286 cm³/mol. The van der Waals surface area contributed by atoms with Crippen LogP contribution in [0.3, 0.4) is 0 Å². The molecule has 1 heterocycles. The number of thiophene rings is 1. The minimum absolute atomic E-state index is 1.11. The standard InChI is InChI=1S/C64H41NS/c1-3-16-44(17-4-1)62-57-25-10-9-23-54(57)55-38-34-48(41-59(55)63(62)45-18-5-2-6-19-45)46-20-13-21-51(40-46)65(60-27-14-26-58-56-24-11-12-28-61(56)66-64(58)60)50-35-31-42(32-36-50)47-33-37-53-49(39-47)30-29-43-15-7-8-22-52(43)53/h1-41H. The van der Waals surface area contributed by atoms with Gasteiger partial charge in [0.15, 0.2) is 0 Å². The number of rotatable bonds is 7. The van der Waals surface area contributed by atoms with Crippen molar-refractivity contribution in [1.29, 1.82) is 0 Å². The number of nitrogens with zero attached hydrogens (tertiary/aromatic N) is 1. The Labute approximate surface area is 387 Å². The molecular formula is C64H41NS. The molecule has 2 heteroatoms. The van der Waals surface area contributed by atoms with Gasteiger partial charge in [-0.2, -0.15) is 0 Å². The van der Waals surface area contributed by atoms with Crippen molar-refractivity contribution in [1.82, 2.24) is 0 Å². The summed E-state index contributed by atoms with van der Waals surface area (Å²) in [4.78, 5) is 2.45. The molecule has 0 saturated carbocycles. The Hall–Kier alpha value is -8.30. The third-order valence-corrected chi connectivity index (χ3v) is 14.6. The highest BCUT2D eigenvalue weighted by Gasteiger charge is 2.21. The number of hydrogen-bond acceptors (Lipinski definition) is 2. The summed E-state index contributed by atoms with van der Waals surface area (Å²) in [6.45, 7) is 0. The lowest BCUT2D eigenvalue weighted by atomic mass is 9.84. The van der Waals surface area contributed by atoms with E-state index in [1.54, 1.807) is 0 Å². The zero-order chi connectivity index (χ0) is 43.6. The highest BCUT2D eigenvalue weighted by atomic mass is 32.1. The number of fused-ring (bicyclic) bond motifs is 9. The van der Waals surface area contributed by atoms with E-state index in [0.29, 0.717) is 0 Å². The van der Waals surface area contributed by atoms with Gasteiger partial charge in [-0.05, 0) is 136 Å². The maximum absolute atomic E-state index is 2.45. The van der Waals surface area contributed by atoms with Crippen molar-refractivity contribution in [2.45, 2.75) is 0 Å². The van der Waals surface area contributed by atoms with Crippen LogP contribution in [-0.2, 0) is 0 Å². The van der Waals surface area contributed by atoms with Gasteiger partial charge in [0, 0.05) is 26.8 Å². The summed E-state index contributed by atoms with van der Waals surface area (Å²) in [5.74, 6) is 0. The number of benzene rings is 12. The second-order valence-electron chi connectivity index (χ2n) is 17.2. The van der Waals surface area contributed by atoms with E-state index >= 15 is 0 Å². The van der Waals surface area contributed by atoms with Crippen LogP contribution in [0.25, 0.3) is 108 Å². The van der Waals surface area contributed by atoms with Gasteiger partial charge >= 0.3 is 0 Å². The summed E-state index contributed by atoms with van der Waals surface area (Å²) >= 11 is 1.87. The fraction of sp³-hybridized carbons (Fsp3) is 0. The van der Waals surface area contributed by atoms with Crippen molar-refractivity contribution in [3.05, 3.63) is 249 Å². The summed E-state index contributed by atoms with van der Waals surface area (Å²) in [6.07, 6.45) is 0. The van der Waals surface area contributed by atoms with E-state index in [0.717, 1.165) is 16.9 Å². The lowest BCUT2D eigenvalue weighted by Gasteiger charge is -2.27. The molecule has 0 radical (unpaired) electrons. The fourth-order valence-electron chi connectivity index (χ4n) is 10.3. The predicted octanol–water partition coefficient (Wildman–Crippen LogP) is 18.8. The molecule has 0 aliphatic rings. The summed E-state index contributed by atoms with van der Waals surface area (Å²) in [6, 6.07) is 91.6. The molecule has 0 aliphatic heterocycles. The first-order chi connectivity index (χ1) is 32.7. The number of hydrogen-bond donors (Lipinski definition) is 0. The van der Waals surface area contributed by atoms with E-state index in [9.17, 15) is 0 Å². The van der Waals surface area contributed by atoms with Crippen LogP contribution in [0, 0.1) is 0 Å². The molecular weight excluding hydrogens is 815 g/mol. The van der Waals surface area contributed by atoms with E-state index in [1.807, 2.05) is 11.3 Å². The summed E-state index contributed by atoms with van der Waals surface area (Å²) in [5, 5.41) is 12.7. The second kappa shape index (κ2) is 15.7. The van der Waals surface area contributed by atoms with Crippen LogP contribution >= 0.6 is 11.3 Å². The molecule has 12 aromatic carbocycles. The van der Waals surface area contributed by atoms with E-state index in [1.165, 1.54) is 108 Å². The lowest BCUT2D eigenvalue weighted by molar-refractivity contribution is 1.30. The van der Waals surface area contributed by atoms with Crippen molar-refractivity contribution >= 4 is 91.7 Å². The Morgan fingerprint density at radius 2 is 0.788 bits per heavy atom. The van der Waals surface area contributed by atoms with Crippen LogP contribution in [-0.4, -0.2) is 0 Å². The minimum Gasteiger partial charge on any atom is -0.309 e. The molecule has 1 aromatic heterocycles. The minimum atomic E-state index is 1.11. The van der Waals surface area contributed by atoms with Crippen molar-refractivity contribution in [3.8, 4) is 44.5 Å². The Bertz CT molecular complexity index is 3980. The van der Waals surface area contributed by atoms with Gasteiger partial charge in [0.25, 0.3) is 0 Å². The Balaban J connectivity index is 0.980. The quantitative estimate of drug-likeness (QED) is 0.144. The molecule has 1 nitrogen and oxygen atoms in total. The Kier molecular flexibility index (Phi) is 9.11. The van der Waals surface area contributed by atoms with E-state index < -0.39 is 0 Å². The van der Waals surface area contributed by atoms with Crippen molar-refractivity contribution in [2.75, 3.05) is 4.90 Å². The van der Waals surface area contributed by atoms with Crippen LogP contribution < -0.4 is 4.90 Å². The Morgan fingerprint density at radius 3 is 1.58 bits per heavy atom. The summed E-state index contributed by atoms with van der Waals surface area (Å²) in [5.41, 5.74) is 13.1. The first-order valence-corrected chi connectivity index (χ1v) is 23.5. The highest BCUT2D eigenvalue weighted by molar-refractivity contribution is 7.26. The molecule has 13 rings (SSSR count). The van der Waals surface area contributed by atoms with Gasteiger partial charge in [0.05, 0.1) is 10.4 Å². The van der Waals surface area contributed by atoms with Crippen molar-refractivity contribution in [2.24, 2.45) is 0 Å². The molecule has 66 heavy (non-hydrogen) atoms. The highest BCUT2D eigenvalue weighted by Crippen LogP contribution is 2.48. The summed E-state index contributed by atoms with van der Waals surface area (Å²) < 4.78 is 2.56. The summed E-state index contributed by atoms with van der Waals surface area (Å²) in [7, 11) is 0. The van der Waals surface area contributed by atoms with Crippen LogP contribution in [0.5, 0.6) is 0 Å². The van der Waals surface area contributed by atoms with Gasteiger partial charge in [-0.1, -0.05) is 200 Å². The van der Waals surface area contributed by atoms with Gasteiger partial charge in [-0.25, -0.2) is 0 Å². The normalized spacial score (nSPS) is 11.6. The van der Waals surface area contributed by atoms with Crippen LogP contribution in [0.4, 0.5) is 17.1 Å². The van der Waals surface area contributed by atoms with Gasteiger partial charge in [-0.3, -0.25) is 0 Å². The first kappa shape index (κ1) is 38.2. The topological polar surface area (TPSA) is 3.24 Å². The van der Waals surface area contributed by atoms with Crippen LogP contribution in [0.2, 0.25) is 0 Å². The Morgan fingerprint density at radius 1 is 0.258 bits per heavy atom. The zero-order valence-electron chi connectivity index (χ0n) is 36.0. The van der Waals surface area contributed by atoms with Crippen LogP contribution in [0.15, 0.2) is 249 Å². The molecule has 0 N–H and O–H groups in total. The molecule has 0 saturated heterocycles. The van der Waals surface area contributed by atoms with Crippen molar-refractivity contribution < 1.29 is 0 Å². The average Bonchev–Trinajstić information content (AvgIpc) is 3.78. The van der Waals surface area contributed by atoms with E-state index in [2.05, 4.69) is 254 Å². The molecule has 0 unspecified atom stereocenters. The molecule has 0 atom stereocenters. The molecule has 0 bridgehead atoms. The maximum atomic E-state index is 2.45. The third kappa shape index (κ3) is 6.37. The zero-order valence-corrected chi connectivity index (χ0v) is 36.8. The fourth-order valence-corrected chi connectivity index (χ4v) is 11.5. The first-order valence-electron chi connectivity index (χ1n) is 22.7. The van der Waals surface area contributed by atoms with E-state index in [-0.39, 0.29) is 0 Å². The van der Waals surface area contributed by atoms with Crippen LogP contribution in [0.1, 0.15) is 0 Å². The molecule has 0 spiro atoms. The molecule has 0 aliphatic carbocycles. The van der Waals surface area contributed by atoms with Gasteiger partial charge in [-0.15, -0.1) is 11.3 Å². The maximum Gasteiger partial charge on any atom is 0.0640 e. The molecule has 13 aromatic rings. The third-order valence-electron chi connectivity index (χ3n) is 13.4. The molecule has 0 fully saturated rings. The number of anilines is 3. The van der Waals surface area contributed by atoms with Crippen molar-refractivity contribution in [3.63, 3.8) is 0 Å². The molecule has 308 valence electrons.